The van der Waals surface area contributed by atoms with Crippen LogP contribution in [-0.2, 0) is 5.41 Å². The van der Waals surface area contributed by atoms with Gasteiger partial charge in [0.05, 0.1) is 11.1 Å². The van der Waals surface area contributed by atoms with Crippen LogP contribution in [0.15, 0.2) is 253 Å². The van der Waals surface area contributed by atoms with E-state index in [0.717, 1.165) is 44.6 Å². The Hall–Kier alpha value is -8.46. The van der Waals surface area contributed by atoms with Crippen LogP contribution in [0.3, 0.4) is 0 Å². The Balaban J connectivity index is 1.15. The fourth-order valence-corrected chi connectivity index (χ4v) is 11.0. The van der Waals surface area contributed by atoms with Crippen molar-refractivity contribution in [3.05, 3.63) is 271 Å². The highest BCUT2D eigenvalue weighted by Crippen LogP contribution is 2.58. The summed E-state index contributed by atoms with van der Waals surface area (Å²) in [6, 6.07) is 91.1. The number of furan rings is 1. The van der Waals surface area contributed by atoms with Crippen molar-refractivity contribution < 1.29 is 4.42 Å². The largest absolute Gasteiger partial charge is 0.456 e. The average molecular weight is 828 g/mol. The molecule has 2 nitrogen and oxygen atoms in total. The van der Waals surface area contributed by atoms with E-state index in [1.165, 1.54) is 71.6 Å². The first-order valence-corrected chi connectivity index (χ1v) is 22.4. The van der Waals surface area contributed by atoms with Gasteiger partial charge in [0.25, 0.3) is 0 Å². The van der Waals surface area contributed by atoms with Crippen molar-refractivity contribution in [2.75, 3.05) is 4.90 Å². The highest BCUT2D eigenvalue weighted by molar-refractivity contribution is 6.23. The molecule has 0 saturated heterocycles. The summed E-state index contributed by atoms with van der Waals surface area (Å²) in [5.74, 6) is 0. The van der Waals surface area contributed by atoms with Gasteiger partial charge in [0, 0.05) is 33.1 Å². The fourth-order valence-electron chi connectivity index (χ4n) is 11.0. The summed E-state index contributed by atoms with van der Waals surface area (Å²) in [5, 5.41) is 6.99. The lowest BCUT2D eigenvalue weighted by atomic mass is 9.68. The third kappa shape index (κ3) is 5.67. The summed E-state index contributed by atoms with van der Waals surface area (Å²) in [6.45, 7) is 0. The van der Waals surface area contributed by atoms with Gasteiger partial charge >= 0.3 is 0 Å². The molecule has 0 atom stereocenters. The first kappa shape index (κ1) is 37.1. The van der Waals surface area contributed by atoms with Gasteiger partial charge in [-0.3, -0.25) is 0 Å². The van der Waals surface area contributed by atoms with E-state index in [4.69, 9.17) is 4.42 Å². The van der Waals surface area contributed by atoms with Crippen molar-refractivity contribution in [2.45, 2.75) is 5.41 Å². The molecular weight excluding hydrogens is 787 g/mol. The average Bonchev–Trinajstić information content (AvgIpc) is 3.90. The van der Waals surface area contributed by atoms with E-state index < -0.39 is 5.41 Å². The molecule has 0 fully saturated rings. The molecule has 304 valence electrons. The normalized spacial score (nSPS) is 12.7. The summed E-state index contributed by atoms with van der Waals surface area (Å²) in [5.41, 5.74) is 16.7. The van der Waals surface area contributed by atoms with Gasteiger partial charge in [-0.1, -0.05) is 206 Å². The molecule has 65 heavy (non-hydrogen) atoms. The molecule has 0 unspecified atom stereocenters. The minimum absolute atomic E-state index is 0.509. The van der Waals surface area contributed by atoms with E-state index in [0.29, 0.717) is 0 Å². The highest BCUT2D eigenvalue weighted by Gasteiger charge is 2.46. The Labute approximate surface area is 377 Å². The van der Waals surface area contributed by atoms with E-state index >= 15 is 0 Å². The van der Waals surface area contributed by atoms with E-state index in [1.54, 1.807) is 0 Å². The Bertz CT molecular complexity index is 3730. The lowest BCUT2D eigenvalue weighted by Crippen LogP contribution is -2.28. The Morgan fingerprint density at radius 1 is 0.308 bits per heavy atom. The van der Waals surface area contributed by atoms with Crippen LogP contribution in [0.4, 0.5) is 17.1 Å². The van der Waals surface area contributed by atoms with Gasteiger partial charge < -0.3 is 9.32 Å². The van der Waals surface area contributed by atoms with Crippen molar-refractivity contribution in [2.24, 2.45) is 0 Å². The van der Waals surface area contributed by atoms with Crippen LogP contribution in [0.25, 0.3) is 76.9 Å². The number of para-hydroxylation sites is 1. The van der Waals surface area contributed by atoms with Crippen molar-refractivity contribution in [1.82, 2.24) is 0 Å². The number of hydrogen-bond donors (Lipinski definition) is 0. The maximum absolute atomic E-state index is 6.46. The van der Waals surface area contributed by atoms with Gasteiger partial charge in [0.1, 0.15) is 11.2 Å². The number of rotatable bonds is 7. The quantitative estimate of drug-likeness (QED) is 0.149. The zero-order chi connectivity index (χ0) is 42.9. The van der Waals surface area contributed by atoms with Crippen LogP contribution in [0.1, 0.15) is 22.3 Å². The molecule has 0 bridgehead atoms. The van der Waals surface area contributed by atoms with Gasteiger partial charge in [-0.2, -0.15) is 0 Å². The van der Waals surface area contributed by atoms with Crippen molar-refractivity contribution in [3.63, 3.8) is 0 Å². The fraction of sp³-hybridized carbons (Fsp3) is 0.0159. The molecule has 0 spiro atoms. The molecule has 0 amide bonds. The maximum Gasteiger partial charge on any atom is 0.135 e. The molecule has 11 aromatic carbocycles. The monoisotopic (exact) mass is 827 g/mol. The van der Waals surface area contributed by atoms with Crippen LogP contribution < -0.4 is 4.90 Å². The molecule has 1 aromatic heterocycles. The third-order valence-electron chi connectivity index (χ3n) is 13.7. The molecule has 0 N–H and O–H groups in total. The molecule has 13 rings (SSSR count). The summed E-state index contributed by atoms with van der Waals surface area (Å²) in [4.78, 5) is 2.52. The highest BCUT2D eigenvalue weighted by atomic mass is 16.3. The van der Waals surface area contributed by atoms with Gasteiger partial charge in [0.15, 0.2) is 0 Å². The van der Waals surface area contributed by atoms with Crippen LogP contribution in [0.2, 0.25) is 0 Å². The van der Waals surface area contributed by atoms with Crippen LogP contribution in [0, 0.1) is 0 Å². The number of benzene rings is 11. The summed E-state index contributed by atoms with van der Waals surface area (Å²) < 4.78 is 6.46. The topological polar surface area (TPSA) is 16.4 Å². The lowest BCUT2D eigenvalue weighted by Gasteiger charge is -2.34. The number of fused-ring (bicyclic) bond motifs is 9. The van der Waals surface area contributed by atoms with Gasteiger partial charge in [-0.25, -0.2) is 0 Å². The smallest absolute Gasteiger partial charge is 0.135 e. The molecule has 1 aliphatic carbocycles. The standard InChI is InChI=1S/C63H41NO/c1-4-19-42(20-5-1)43-21-18-22-44(39-43)61-53-31-12-10-27-49(53)50-28-11-13-32-54(50)62(61)64(48-36-38-60-56(41-48)52-30-15-17-34-59(52)65-60)47-35-37-58-55(40-47)51-29-14-16-33-57(51)63(58,45-23-6-2-7-24-45)46-25-8-3-9-26-46/h1-41H. The van der Waals surface area contributed by atoms with Crippen molar-refractivity contribution in [3.8, 4) is 33.4 Å². The second-order valence-electron chi connectivity index (χ2n) is 17.1. The predicted octanol–water partition coefficient (Wildman–Crippen LogP) is 17.1. The molecule has 1 aliphatic rings. The Morgan fingerprint density at radius 3 is 1.58 bits per heavy atom. The zero-order valence-electron chi connectivity index (χ0n) is 35.5. The minimum atomic E-state index is -0.509. The SMILES string of the molecule is c1ccc(-c2cccc(-c3c(N(c4ccc5c(c4)-c4ccccc4C5(c4ccccc4)c4ccccc4)c4ccc5oc6ccccc6c5c4)c4ccccc4c4ccccc34)c2)cc1. The van der Waals surface area contributed by atoms with Crippen LogP contribution in [0.5, 0.6) is 0 Å². The second kappa shape index (κ2) is 14.8. The first-order valence-electron chi connectivity index (χ1n) is 22.4. The second-order valence-corrected chi connectivity index (χ2v) is 17.1. The van der Waals surface area contributed by atoms with Crippen LogP contribution in [-0.4, -0.2) is 0 Å². The number of hydrogen-bond acceptors (Lipinski definition) is 2. The van der Waals surface area contributed by atoms with E-state index in [9.17, 15) is 0 Å². The lowest BCUT2D eigenvalue weighted by molar-refractivity contribution is 0.669. The third-order valence-corrected chi connectivity index (χ3v) is 13.7. The molecule has 0 saturated carbocycles. The summed E-state index contributed by atoms with van der Waals surface area (Å²) >= 11 is 0. The molecular formula is C63H41NO. The minimum Gasteiger partial charge on any atom is -0.456 e. The predicted molar refractivity (Wildman–Crippen MR) is 272 cm³/mol. The molecule has 0 aliphatic heterocycles. The molecule has 0 radical (unpaired) electrons. The van der Waals surface area contributed by atoms with Gasteiger partial charge in [-0.15, -0.1) is 0 Å². The van der Waals surface area contributed by atoms with Gasteiger partial charge in [-0.05, 0) is 109 Å². The van der Waals surface area contributed by atoms with Crippen molar-refractivity contribution in [1.29, 1.82) is 0 Å². The maximum atomic E-state index is 6.46. The zero-order valence-corrected chi connectivity index (χ0v) is 35.5. The van der Waals surface area contributed by atoms with Crippen LogP contribution >= 0.6 is 0 Å². The Kier molecular flexibility index (Phi) is 8.47. The van der Waals surface area contributed by atoms with E-state index in [1.807, 2.05) is 6.07 Å². The summed E-state index contributed by atoms with van der Waals surface area (Å²) in [7, 11) is 0. The summed E-state index contributed by atoms with van der Waals surface area (Å²) in [6.07, 6.45) is 0. The first-order chi connectivity index (χ1) is 32.3. The van der Waals surface area contributed by atoms with E-state index in [-0.39, 0.29) is 0 Å². The molecule has 1 heterocycles. The number of anilines is 3. The molecule has 2 heteroatoms. The molecule has 12 aromatic rings. The Morgan fingerprint density at radius 2 is 0.831 bits per heavy atom. The van der Waals surface area contributed by atoms with Gasteiger partial charge in [0.2, 0.25) is 0 Å². The van der Waals surface area contributed by atoms with Crippen molar-refractivity contribution >= 4 is 60.5 Å². The van der Waals surface area contributed by atoms with E-state index in [2.05, 4.69) is 248 Å². The number of nitrogens with zero attached hydrogens (tertiary/aromatic N) is 1.